The molecule has 0 spiro atoms. The lowest BCUT2D eigenvalue weighted by Gasteiger charge is -1.91. The average Bonchev–Trinajstić information content (AvgIpc) is 2.03. The van der Waals surface area contributed by atoms with Crippen molar-refractivity contribution in [1.82, 2.24) is 0 Å². The van der Waals surface area contributed by atoms with E-state index in [0.717, 1.165) is 0 Å². The molecule has 0 saturated carbocycles. The predicted molar refractivity (Wildman–Crippen MR) is 59.5 cm³/mol. The second-order valence-electron chi connectivity index (χ2n) is 2.83. The molecular weight excluding hydrogens is 220 g/mol. The summed E-state index contributed by atoms with van der Waals surface area (Å²) in [6, 6.07) is 10.6. The van der Waals surface area contributed by atoms with Gasteiger partial charge < -0.3 is 4.55 Å². The van der Waals surface area contributed by atoms with E-state index in [9.17, 15) is 0 Å². The fourth-order valence-corrected chi connectivity index (χ4v) is 1.39. The van der Waals surface area contributed by atoms with Gasteiger partial charge in [-0.05, 0) is 12.1 Å². The lowest BCUT2D eigenvalue weighted by molar-refractivity contribution is 0.470. The van der Waals surface area contributed by atoms with Crippen molar-refractivity contribution < 1.29 is 13.0 Å². The minimum Gasteiger partial charge on any atom is -0.748 e. The summed E-state index contributed by atoms with van der Waals surface area (Å²) in [7, 11) is -3.50. The first-order valence-corrected chi connectivity index (χ1v) is 7.70. The van der Waals surface area contributed by atoms with Crippen LogP contribution in [-0.2, 0) is 21.0 Å². The largest absolute Gasteiger partial charge is 0.748 e. The Morgan fingerprint density at radius 3 is 1.71 bits per heavy atom. The molecule has 5 heteroatoms. The van der Waals surface area contributed by atoms with Crippen molar-refractivity contribution in [3.05, 3.63) is 30.3 Å². The maximum atomic E-state index is 9.08. The quantitative estimate of drug-likeness (QED) is 0.540. The molecule has 0 heterocycles. The van der Waals surface area contributed by atoms with E-state index in [1.807, 2.05) is 0 Å². The zero-order valence-corrected chi connectivity index (χ0v) is 10.1. The summed E-state index contributed by atoms with van der Waals surface area (Å²) in [5.41, 5.74) is 0. The minimum absolute atomic E-state index is 0.421. The molecule has 0 radical (unpaired) electrons. The molecule has 0 bridgehead atoms. The van der Waals surface area contributed by atoms with Crippen LogP contribution in [0.3, 0.4) is 0 Å². The average molecular weight is 234 g/mol. The lowest BCUT2D eigenvalue weighted by Crippen LogP contribution is -1.93. The van der Waals surface area contributed by atoms with Gasteiger partial charge in [0.25, 0.3) is 0 Å². The first-order valence-electron chi connectivity index (χ1n) is 3.84. The molecule has 1 aromatic rings. The molecule has 0 amide bonds. The molecule has 14 heavy (non-hydrogen) atoms. The van der Waals surface area contributed by atoms with E-state index >= 15 is 0 Å². The Bertz CT molecular complexity index is 336. The Morgan fingerprint density at radius 1 is 1.14 bits per heavy atom. The highest BCUT2D eigenvalue weighted by Gasteiger charge is 2.03. The summed E-state index contributed by atoms with van der Waals surface area (Å²) in [5, 5.41) is 0. The molecule has 80 valence electrons. The zero-order chi connectivity index (χ0) is 11.2. The molecule has 0 aliphatic heterocycles. The standard InChI is InChI=1S/C8H11S.CH4O3S/c1-9(2)8-6-4-3-5-7-8;1-5(2,3)4/h3-7H,1-2H3;1H3,(H,2,3,4)/q+1;/p-1. The van der Waals surface area contributed by atoms with Gasteiger partial charge in [0.1, 0.15) is 12.5 Å². The summed E-state index contributed by atoms with van der Waals surface area (Å²) in [6.07, 6.45) is 5.07. The molecule has 0 unspecified atom stereocenters. The summed E-state index contributed by atoms with van der Waals surface area (Å²) >= 11 is 0. The molecule has 3 nitrogen and oxygen atoms in total. The summed E-state index contributed by atoms with van der Waals surface area (Å²) in [4.78, 5) is 1.44. The fourth-order valence-electron chi connectivity index (χ4n) is 0.693. The van der Waals surface area contributed by atoms with Gasteiger partial charge in [0, 0.05) is 17.2 Å². The Hall–Kier alpha value is -0.520. The van der Waals surface area contributed by atoms with Crippen LogP contribution in [0.15, 0.2) is 35.2 Å². The number of hydrogen-bond acceptors (Lipinski definition) is 3. The summed E-state index contributed by atoms with van der Waals surface area (Å²) < 4.78 is 27.2. The highest BCUT2D eigenvalue weighted by Crippen LogP contribution is 2.05. The topological polar surface area (TPSA) is 57.2 Å². The van der Waals surface area contributed by atoms with E-state index in [4.69, 9.17) is 13.0 Å². The third-order valence-electron chi connectivity index (χ3n) is 1.21. The normalized spacial score (nSPS) is 10.6. The van der Waals surface area contributed by atoms with Crippen LogP contribution in [0.2, 0.25) is 0 Å². The smallest absolute Gasteiger partial charge is 0.154 e. The van der Waals surface area contributed by atoms with E-state index in [1.165, 1.54) is 4.90 Å². The van der Waals surface area contributed by atoms with Gasteiger partial charge in [-0.15, -0.1) is 0 Å². The third-order valence-corrected chi connectivity index (χ3v) is 2.43. The number of benzene rings is 1. The second kappa shape index (κ2) is 6.06. The van der Waals surface area contributed by atoms with Crippen molar-refractivity contribution in [1.29, 1.82) is 0 Å². The number of hydrogen-bond donors (Lipinski definition) is 0. The van der Waals surface area contributed by atoms with E-state index < -0.39 is 10.1 Å². The van der Waals surface area contributed by atoms with Crippen LogP contribution in [0.25, 0.3) is 0 Å². The molecule has 0 N–H and O–H groups in total. The van der Waals surface area contributed by atoms with Gasteiger partial charge in [0.2, 0.25) is 0 Å². The maximum Gasteiger partial charge on any atom is 0.154 e. The highest BCUT2D eigenvalue weighted by atomic mass is 32.2. The molecule has 0 fully saturated rings. The van der Waals surface area contributed by atoms with Crippen molar-refractivity contribution in [2.45, 2.75) is 4.90 Å². The van der Waals surface area contributed by atoms with Crippen LogP contribution >= 0.6 is 0 Å². The van der Waals surface area contributed by atoms with Gasteiger partial charge in [0.05, 0.1) is 10.1 Å². The fraction of sp³-hybridized carbons (Fsp3) is 0.333. The molecule has 1 rings (SSSR count). The van der Waals surface area contributed by atoms with E-state index in [0.29, 0.717) is 17.2 Å². The SMILES string of the molecule is CS(=O)(=O)[O-].C[S+](C)c1ccccc1. The highest BCUT2D eigenvalue weighted by molar-refractivity contribution is 7.95. The zero-order valence-electron chi connectivity index (χ0n) is 8.43. The Kier molecular flexibility index (Phi) is 5.83. The van der Waals surface area contributed by atoms with Crippen molar-refractivity contribution in [2.75, 3.05) is 18.8 Å². The monoisotopic (exact) mass is 234 g/mol. The van der Waals surface area contributed by atoms with Crippen LogP contribution in [0, 0.1) is 0 Å². The number of rotatable bonds is 1. The first kappa shape index (κ1) is 13.5. The van der Waals surface area contributed by atoms with Crippen molar-refractivity contribution >= 4 is 21.0 Å². The van der Waals surface area contributed by atoms with Gasteiger partial charge >= 0.3 is 0 Å². The van der Waals surface area contributed by atoms with Crippen LogP contribution < -0.4 is 0 Å². The van der Waals surface area contributed by atoms with Gasteiger partial charge in [-0.2, -0.15) is 0 Å². The van der Waals surface area contributed by atoms with Gasteiger partial charge in [-0.3, -0.25) is 0 Å². The van der Waals surface area contributed by atoms with Gasteiger partial charge in [-0.25, -0.2) is 8.42 Å². The van der Waals surface area contributed by atoms with Gasteiger partial charge in [-0.1, -0.05) is 18.2 Å². The second-order valence-corrected chi connectivity index (χ2v) is 6.35. The first-order chi connectivity index (χ1) is 6.30. The molecule has 0 aromatic heterocycles. The van der Waals surface area contributed by atoms with Crippen LogP contribution in [0.4, 0.5) is 0 Å². The maximum absolute atomic E-state index is 9.08. The molecule has 0 aliphatic rings. The van der Waals surface area contributed by atoms with E-state index in [-0.39, 0.29) is 0 Å². The van der Waals surface area contributed by atoms with Crippen molar-refractivity contribution in [2.24, 2.45) is 0 Å². The Labute approximate surface area is 88.3 Å². The summed E-state index contributed by atoms with van der Waals surface area (Å²) in [5.74, 6) is 0. The lowest BCUT2D eigenvalue weighted by atomic mass is 10.4. The van der Waals surface area contributed by atoms with Crippen LogP contribution in [0.1, 0.15) is 0 Å². The minimum atomic E-state index is -3.92. The molecule has 0 atom stereocenters. The third kappa shape index (κ3) is 9.57. The van der Waals surface area contributed by atoms with Crippen LogP contribution in [0.5, 0.6) is 0 Å². The molecule has 0 aliphatic carbocycles. The summed E-state index contributed by atoms with van der Waals surface area (Å²) in [6.45, 7) is 0. The van der Waals surface area contributed by atoms with Crippen molar-refractivity contribution in [3.8, 4) is 0 Å². The molecular formula is C9H14O3S2. The van der Waals surface area contributed by atoms with Crippen LogP contribution in [-0.4, -0.2) is 31.7 Å². The Balaban J connectivity index is 0.000000292. The van der Waals surface area contributed by atoms with E-state index in [1.54, 1.807) is 0 Å². The van der Waals surface area contributed by atoms with Crippen molar-refractivity contribution in [3.63, 3.8) is 0 Å². The predicted octanol–water partition coefficient (Wildman–Crippen LogP) is 1.08. The van der Waals surface area contributed by atoms with E-state index in [2.05, 4.69) is 42.8 Å². The Morgan fingerprint density at radius 2 is 1.50 bits per heavy atom. The van der Waals surface area contributed by atoms with Gasteiger partial charge in [0.15, 0.2) is 4.90 Å². The molecule has 0 saturated heterocycles. The molecule has 1 aromatic carbocycles.